The van der Waals surface area contributed by atoms with E-state index in [2.05, 4.69) is 15.0 Å². The molecule has 1 atom stereocenters. The highest BCUT2D eigenvalue weighted by atomic mass is 35.5. The SMILES string of the molecule is Cc1nc(S(=O)(=O)NCCC(=O)OCC(=O)NC(C)c2ccc(Cl)cc2)cn1C. The van der Waals surface area contributed by atoms with Crippen LogP contribution >= 0.6 is 11.6 Å². The first-order valence-corrected chi connectivity index (χ1v) is 10.6. The lowest BCUT2D eigenvalue weighted by Crippen LogP contribution is -2.32. The lowest BCUT2D eigenvalue weighted by Gasteiger charge is -2.14. The standard InChI is InChI=1S/C18H23ClN4O5S/c1-12(14-4-6-15(19)7-5-14)21-16(24)11-28-18(25)8-9-20-29(26,27)17-10-23(3)13(2)22-17/h4-7,10,12,20H,8-9,11H2,1-3H3,(H,21,24). The van der Waals surface area contributed by atoms with Crippen molar-refractivity contribution >= 4 is 33.5 Å². The maximum Gasteiger partial charge on any atom is 0.307 e. The predicted octanol–water partition coefficient (Wildman–Crippen LogP) is 1.47. The summed E-state index contributed by atoms with van der Waals surface area (Å²) < 4.78 is 33.0. The molecule has 1 aromatic carbocycles. The minimum atomic E-state index is -3.82. The molecule has 0 aliphatic heterocycles. The van der Waals surface area contributed by atoms with Crippen molar-refractivity contribution < 1.29 is 22.7 Å². The Labute approximate surface area is 174 Å². The van der Waals surface area contributed by atoms with E-state index in [9.17, 15) is 18.0 Å². The molecule has 1 heterocycles. The Hall–Kier alpha value is -2.43. The Bertz CT molecular complexity index is 953. The Kier molecular flexibility index (Phi) is 7.77. The van der Waals surface area contributed by atoms with Crippen LogP contribution in [0.1, 0.15) is 30.8 Å². The first-order valence-electron chi connectivity index (χ1n) is 8.78. The molecule has 2 aromatic rings. The average Bonchev–Trinajstić information content (AvgIpc) is 3.00. The first kappa shape index (κ1) is 22.9. The third-order valence-electron chi connectivity index (χ3n) is 4.09. The van der Waals surface area contributed by atoms with Crippen molar-refractivity contribution in [2.45, 2.75) is 31.3 Å². The third kappa shape index (κ3) is 6.84. The second-order valence-corrected chi connectivity index (χ2v) is 8.54. The molecular formula is C18H23ClN4O5S. The number of nitrogens with zero attached hydrogens (tertiary/aromatic N) is 2. The topological polar surface area (TPSA) is 119 Å². The number of aryl methyl sites for hydroxylation is 2. The fourth-order valence-electron chi connectivity index (χ4n) is 2.35. The van der Waals surface area contributed by atoms with Crippen LogP contribution in [0.2, 0.25) is 5.02 Å². The lowest BCUT2D eigenvalue weighted by molar-refractivity contribution is -0.148. The van der Waals surface area contributed by atoms with E-state index in [0.29, 0.717) is 10.8 Å². The Morgan fingerprint density at radius 3 is 2.52 bits per heavy atom. The van der Waals surface area contributed by atoms with Gasteiger partial charge in [-0.2, -0.15) is 0 Å². The Morgan fingerprint density at radius 2 is 1.93 bits per heavy atom. The van der Waals surface area contributed by atoms with Gasteiger partial charge >= 0.3 is 5.97 Å². The zero-order valence-corrected chi connectivity index (χ0v) is 17.9. The number of esters is 1. The highest BCUT2D eigenvalue weighted by Crippen LogP contribution is 2.15. The molecule has 11 heteroatoms. The molecule has 1 amide bonds. The van der Waals surface area contributed by atoms with Crippen molar-refractivity contribution in [1.82, 2.24) is 19.6 Å². The summed E-state index contributed by atoms with van der Waals surface area (Å²) in [6.07, 6.45) is 1.16. The Balaban J connectivity index is 1.72. The van der Waals surface area contributed by atoms with Crippen molar-refractivity contribution in [3.8, 4) is 0 Å². The van der Waals surface area contributed by atoms with E-state index in [1.54, 1.807) is 49.7 Å². The minimum absolute atomic E-state index is 0.124. The van der Waals surface area contributed by atoms with Crippen LogP contribution in [-0.4, -0.2) is 43.0 Å². The van der Waals surface area contributed by atoms with Gasteiger partial charge in [-0.3, -0.25) is 9.59 Å². The number of ether oxygens (including phenoxy) is 1. The number of aromatic nitrogens is 2. The number of amides is 1. The molecule has 0 aliphatic rings. The molecular weight excluding hydrogens is 420 g/mol. The molecule has 0 fully saturated rings. The van der Waals surface area contributed by atoms with Crippen molar-refractivity contribution in [2.75, 3.05) is 13.2 Å². The first-order chi connectivity index (χ1) is 13.6. The van der Waals surface area contributed by atoms with Crippen molar-refractivity contribution in [2.24, 2.45) is 7.05 Å². The van der Waals surface area contributed by atoms with Crippen LogP contribution in [0.3, 0.4) is 0 Å². The van der Waals surface area contributed by atoms with E-state index in [1.165, 1.54) is 6.20 Å². The smallest absolute Gasteiger partial charge is 0.307 e. The quantitative estimate of drug-likeness (QED) is 0.567. The highest BCUT2D eigenvalue weighted by Gasteiger charge is 2.19. The van der Waals surface area contributed by atoms with Gasteiger partial charge in [-0.15, -0.1) is 0 Å². The van der Waals surface area contributed by atoms with Crippen LogP contribution in [0.5, 0.6) is 0 Å². The third-order valence-corrected chi connectivity index (χ3v) is 5.68. The second kappa shape index (κ2) is 9.86. The fraction of sp³-hybridized carbons (Fsp3) is 0.389. The van der Waals surface area contributed by atoms with Gasteiger partial charge in [-0.25, -0.2) is 18.1 Å². The molecule has 1 aromatic heterocycles. The zero-order valence-electron chi connectivity index (χ0n) is 16.3. The number of carbonyl (C=O) groups excluding carboxylic acids is 2. The number of imidazole rings is 1. The number of nitrogens with one attached hydrogen (secondary N) is 2. The molecule has 29 heavy (non-hydrogen) atoms. The molecule has 9 nitrogen and oxygen atoms in total. The fourth-order valence-corrected chi connectivity index (χ4v) is 3.55. The minimum Gasteiger partial charge on any atom is -0.456 e. The van der Waals surface area contributed by atoms with Crippen LogP contribution in [0.4, 0.5) is 0 Å². The van der Waals surface area contributed by atoms with Gasteiger partial charge in [-0.05, 0) is 31.5 Å². The van der Waals surface area contributed by atoms with E-state index < -0.39 is 28.5 Å². The summed E-state index contributed by atoms with van der Waals surface area (Å²) in [7, 11) is -2.14. The van der Waals surface area contributed by atoms with Crippen molar-refractivity contribution in [3.05, 3.63) is 46.9 Å². The number of rotatable bonds is 9. The molecule has 0 spiro atoms. The number of hydrogen-bond acceptors (Lipinski definition) is 6. The summed E-state index contributed by atoms with van der Waals surface area (Å²) in [4.78, 5) is 27.6. The number of hydrogen-bond donors (Lipinski definition) is 2. The van der Waals surface area contributed by atoms with E-state index in [0.717, 1.165) is 5.56 Å². The molecule has 0 radical (unpaired) electrons. The zero-order chi connectivity index (χ0) is 21.6. The highest BCUT2D eigenvalue weighted by molar-refractivity contribution is 7.89. The molecule has 0 saturated carbocycles. The maximum atomic E-state index is 12.1. The van der Waals surface area contributed by atoms with Gasteiger partial charge < -0.3 is 14.6 Å². The summed E-state index contributed by atoms with van der Waals surface area (Å²) in [6, 6.07) is 6.72. The lowest BCUT2D eigenvalue weighted by atomic mass is 10.1. The maximum absolute atomic E-state index is 12.1. The molecule has 2 N–H and O–H groups in total. The van der Waals surface area contributed by atoms with Gasteiger partial charge in [-0.1, -0.05) is 23.7 Å². The number of benzene rings is 1. The van der Waals surface area contributed by atoms with E-state index >= 15 is 0 Å². The van der Waals surface area contributed by atoms with Crippen LogP contribution in [0, 0.1) is 6.92 Å². The summed E-state index contributed by atoms with van der Waals surface area (Å²) in [5, 5.41) is 3.17. The largest absolute Gasteiger partial charge is 0.456 e. The molecule has 2 rings (SSSR count). The molecule has 0 aliphatic carbocycles. The number of sulfonamides is 1. The van der Waals surface area contributed by atoms with Gasteiger partial charge in [0.25, 0.3) is 15.9 Å². The molecule has 1 unspecified atom stereocenters. The average molecular weight is 443 g/mol. The Morgan fingerprint density at radius 1 is 1.28 bits per heavy atom. The predicted molar refractivity (Wildman–Crippen MR) is 107 cm³/mol. The van der Waals surface area contributed by atoms with Crippen molar-refractivity contribution in [1.29, 1.82) is 0 Å². The van der Waals surface area contributed by atoms with Crippen LogP contribution in [0.25, 0.3) is 0 Å². The van der Waals surface area contributed by atoms with Gasteiger partial charge in [0.15, 0.2) is 11.6 Å². The number of halogens is 1. The summed E-state index contributed by atoms with van der Waals surface area (Å²) in [6.45, 7) is 2.84. The van der Waals surface area contributed by atoms with Crippen LogP contribution in [0.15, 0.2) is 35.5 Å². The van der Waals surface area contributed by atoms with E-state index in [1.807, 2.05) is 0 Å². The number of carbonyl (C=O) groups is 2. The van der Waals surface area contributed by atoms with Crippen molar-refractivity contribution in [3.63, 3.8) is 0 Å². The monoisotopic (exact) mass is 442 g/mol. The molecule has 0 saturated heterocycles. The van der Waals surface area contributed by atoms with Gasteiger partial charge in [0.1, 0.15) is 5.82 Å². The van der Waals surface area contributed by atoms with Gasteiger partial charge in [0.05, 0.1) is 12.5 Å². The second-order valence-electron chi connectivity index (χ2n) is 6.39. The summed E-state index contributed by atoms with van der Waals surface area (Å²) in [5.74, 6) is -0.617. The normalized spacial score (nSPS) is 12.4. The van der Waals surface area contributed by atoms with Crippen LogP contribution in [-0.2, 0) is 31.4 Å². The van der Waals surface area contributed by atoms with Gasteiger partial charge in [0.2, 0.25) is 0 Å². The van der Waals surface area contributed by atoms with Crippen LogP contribution < -0.4 is 10.0 Å². The van der Waals surface area contributed by atoms with Gasteiger partial charge in [0, 0.05) is 24.8 Å². The van der Waals surface area contributed by atoms with E-state index in [-0.39, 0.29) is 24.0 Å². The summed E-state index contributed by atoms with van der Waals surface area (Å²) >= 11 is 5.83. The van der Waals surface area contributed by atoms with E-state index in [4.69, 9.17) is 16.3 Å². The molecule has 0 bridgehead atoms. The molecule has 158 valence electrons. The summed E-state index contributed by atoms with van der Waals surface area (Å²) in [5.41, 5.74) is 0.855.